The fourth-order valence-electron chi connectivity index (χ4n) is 0.395. The molecule has 0 aliphatic rings. The van der Waals surface area contributed by atoms with E-state index in [1.165, 1.54) is 12.5 Å². The minimum atomic E-state index is 0.366. The molecular weight excluding hydrogens is 182 g/mol. The van der Waals surface area contributed by atoms with E-state index in [2.05, 4.69) is 25.9 Å². The first-order valence-electron chi connectivity index (χ1n) is 2.20. The number of halogens is 1. The standard InChI is InChI=1S/C5H2BrN3/c6-4-2-8-3-9-5(4)1-7/h2-3H. The van der Waals surface area contributed by atoms with Crippen LogP contribution in [0.25, 0.3) is 0 Å². The van der Waals surface area contributed by atoms with E-state index in [1.54, 1.807) is 0 Å². The molecular formula is C5H2BrN3. The summed E-state index contributed by atoms with van der Waals surface area (Å²) in [7, 11) is 0. The van der Waals surface area contributed by atoms with Gasteiger partial charge in [0.15, 0.2) is 5.69 Å². The van der Waals surface area contributed by atoms with Crippen LogP contribution in [-0.2, 0) is 0 Å². The van der Waals surface area contributed by atoms with E-state index >= 15 is 0 Å². The van der Waals surface area contributed by atoms with Gasteiger partial charge in [0, 0.05) is 6.20 Å². The van der Waals surface area contributed by atoms with Crippen molar-refractivity contribution in [1.82, 2.24) is 9.97 Å². The molecule has 1 rings (SSSR count). The topological polar surface area (TPSA) is 49.6 Å². The number of hydrogen-bond acceptors (Lipinski definition) is 3. The molecule has 0 unspecified atom stereocenters. The largest absolute Gasteiger partial charge is 0.244 e. The molecule has 0 radical (unpaired) electrons. The minimum Gasteiger partial charge on any atom is -0.244 e. The van der Waals surface area contributed by atoms with Crippen molar-refractivity contribution >= 4 is 15.9 Å². The van der Waals surface area contributed by atoms with Gasteiger partial charge in [0.1, 0.15) is 12.4 Å². The second kappa shape index (κ2) is 2.55. The highest BCUT2D eigenvalue weighted by Crippen LogP contribution is 2.09. The number of aromatic nitrogens is 2. The highest BCUT2D eigenvalue weighted by atomic mass is 79.9. The molecule has 1 aromatic rings. The van der Waals surface area contributed by atoms with Gasteiger partial charge in [-0.1, -0.05) is 0 Å². The van der Waals surface area contributed by atoms with E-state index in [0.29, 0.717) is 10.2 Å². The van der Waals surface area contributed by atoms with Crippen LogP contribution in [0.4, 0.5) is 0 Å². The lowest BCUT2D eigenvalue weighted by Gasteiger charge is -1.87. The van der Waals surface area contributed by atoms with Gasteiger partial charge in [0.25, 0.3) is 0 Å². The quantitative estimate of drug-likeness (QED) is 0.606. The lowest BCUT2D eigenvalue weighted by molar-refractivity contribution is 1.12. The molecule has 0 amide bonds. The second-order valence-corrected chi connectivity index (χ2v) is 2.19. The van der Waals surface area contributed by atoms with E-state index < -0.39 is 0 Å². The third-order valence-corrected chi connectivity index (χ3v) is 1.35. The smallest absolute Gasteiger partial charge is 0.158 e. The van der Waals surface area contributed by atoms with Crippen molar-refractivity contribution in [2.45, 2.75) is 0 Å². The zero-order valence-electron chi connectivity index (χ0n) is 4.37. The van der Waals surface area contributed by atoms with Crippen molar-refractivity contribution in [3.63, 3.8) is 0 Å². The van der Waals surface area contributed by atoms with Gasteiger partial charge < -0.3 is 0 Å². The second-order valence-electron chi connectivity index (χ2n) is 1.33. The summed E-state index contributed by atoms with van der Waals surface area (Å²) >= 11 is 3.11. The van der Waals surface area contributed by atoms with Crippen molar-refractivity contribution < 1.29 is 0 Å². The van der Waals surface area contributed by atoms with Gasteiger partial charge >= 0.3 is 0 Å². The first-order chi connectivity index (χ1) is 4.34. The fraction of sp³-hybridized carbons (Fsp3) is 0. The maximum absolute atomic E-state index is 8.35. The molecule has 0 saturated heterocycles. The highest BCUT2D eigenvalue weighted by Gasteiger charge is 1.95. The maximum Gasteiger partial charge on any atom is 0.158 e. The Morgan fingerprint density at radius 2 is 2.44 bits per heavy atom. The number of rotatable bonds is 0. The summed E-state index contributed by atoms with van der Waals surface area (Å²) in [4.78, 5) is 7.36. The Bertz CT molecular complexity index is 253. The van der Waals surface area contributed by atoms with Crippen LogP contribution in [-0.4, -0.2) is 9.97 Å². The highest BCUT2D eigenvalue weighted by molar-refractivity contribution is 9.10. The Morgan fingerprint density at radius 1 is 1.67 bits per heavy atom. The Labute approximate surface area is 60.5 Å². The SMILES string of the molecule is N#Cc1ncncc1Br. The van der Waals surface area contributed by atoms with Crippen LogP contribution in [0, 0.1) is 11.3 Å². The molecule has 0 N–H and O–H groups in total. The average Bonchev–Trinajstić information content (AvgIpc) is 1.89. The molecule has 1 aromatic heterocycles. The summed E-state index contributed by atoms with van der Waals surface area (Å²) in [6, 6.07) is 1.90. The van der Waals surface area contributed by atoms with E-state index in [-0.39, 0.29) is 0 Å². The Hall–Kier alpha value is -0.950. The van der Waals surface area contributed by atoms with Crippen molar-refractivity contribution in [1.29, 1.82) is 5.26 Å². The molecule has 0 saturated carbocycles. The first-order valence-corrected chi connectivity index (χ1v) is 2.99. The molecule has 9 heavy (non-hydrogen) atoms. The molecule has 4 heteroatoms. The van der Waals surface area contributed by atoms with Crippen LogP contribution < -0.4 is 0 Å². The van der Waals surface area contributed by atoms with Crippen LogP contribution in [0.3, 0.4) is 0 Å². The van der Waals surface area contributed by atoms with Crippen molar-refractivity contribution in [2.75, 3.05) is 0 Å². The van der Waals surface area contributed by atoms with Gasteiger partial charge in [-0.25, -0.2) is 9.97 Å². The predicted octanol–water partition coefficient (Wildman–Crippen LogP) is 1.11. The monoisotopic (exact) mass is 183 g/mol. The van der Waals surface area contributed by atoms with Gasteiger partial charge in [-0.3, -0.25) is 0 Å². The summed E-state index contributed by atoms with van der Waals surface area (Å²) < 4.78 is 0.632. The maximum atomic E-state index is 8.35. The van der Waals surface area contributed by atoms with E-state index in [1.807, 2.05) is 6.07 Å². The first kappa shape index (κ1) is 6.17. The Morgan fingerprint density at radius 3 is 2.89 bits per heavy atom. The molecule has 0 atom stereocenters. The summed E-state index contributed by atoms with van der Waals surface area (Å²) in [5, 5.41) is 8.35. The lowest BCUT2D eigenvalue weighted by Crippen LogP contribution is -1.83. The summed E-state index contributed by atoms with van der Waals surface area (Å²) in [5.74, 6) is 0. The van der Waals surface area contributed by atoms with Crippen LogP contribution in [0.15, 0.2) is 17.0 Å². The number of nitriles is 1. The molecule has 0 spiro atoms. The Kier molecular flexibility index (Phi) is 1.75. The van der Waals surface area contributed by atoms with Gasteiger partial charge in [0.05, 0.1) is 4.47 Å². The fourth-order valence-corrected chi connectivity index (χ4v) is 0.704. The van der Waals surface area contributed by atoms with Crippen LogP contribution in [0.5, 0.6) is 0 Å². The van der Waals surface area contributed by atoms with Crippen LogP contribution >= 0.6 is 15.9 Å². The Balaban J connectivity index is 3.20. The van der Waals surface area contributed by atoms with Gasteiger partial charge in [0.2, 0.25) is 0 Å². The van der Waals surface area contributed by atoms with Crippen LogP contribution in [0.1, 0.15) is 5.69 Å². The van der Waals surface area contributed by atoms with Crippen molar-refractivity contribution in [3.05, 3.63) is 22.7 Å². The van der Waals surface area contributed by atoms with E-state index in [9.17, 15) is 0 Å². The minimum absolute atomic E-state index is 0.366. The summed E-state index contributed by atoms with van der Waals surface area (Å²) in [6.07, 6.45) is 2.87. The molecule has 1 heterocycles. The average molecular weight is 184 g/mol. The van der Waals surface area contributed by atoms with Crippen molar-refractivity contribution in [2.24, 2.45) is 0 Å². The van der Waals surface area contributed by atoms with E-state index in [0.717, 1.165) is 0 Å². The van der Waals surface area contributed by atoms with Crippen LogP contribution in [0.2, 0.25) is 0 Å². The van der Waals surface area contributed by atoms with Gasteiger partial charge in [-0.2, -0.15) is 5.26 Å². The zero-order valence-corrected chi connectivity index (χ0v) is 5.96. The molecule has 0 bridgehead atoms. The molecule has 0 aliphatic heterocycles. The molecule has 0 aromatic carbocycles. The lowest BCUT2D eigenvalue weighted by atomic mass is 10.5. The van der Waals surface area contributed by atoms with Gasteiger partial charge in [-0.15, -0.1) is 0 Å². The number of nitrogens with zero attached hydrogens (tertiary/aromatic N) is 3. The van der Waals surface area contributed by atoms with Crippen molar-refractivity contribution in [3.8, 4) is 6.07 Å². The predicted molar refractivity (Wildman–Crippen MR) is 34.4 cm³/mol. The summed E-state index contributed by atoms with van der Waals surface area (Å²) in [6.45, 7) is 0. The third-order valence-electron chi connectivity index (χ3n) is 0.774. The molecule has 0 aliphatic carbocycles. The molecule has 44 valence electrons. The zero-order chi connectivity index (χ0) is 6.69. The molecule has 0 fully saturated rings. The normalized spacial score (nSPS) is 8.44. The van der Waals surface area contributed by atoms with Gasteiger partial charge in [-0.05, 0) is 15.9 Å². The summed E-state index contributed by atoms with van der Waals surface area (Å²) in [5.41, 5.74) is 0.366. The molecule has 3 nitrogen and oxygen atoms in total. The van der Waals surface area contributed by atoms with E-state index in [4.69, 9.17) is 5.26 Å². The third kappa shape index (κ3) is 1.24. The number of hydrogen-bond donors (Lipinski definition) is 0.